The zero-order chi connectivity index (χ0) is 14.7. The number of nitrogens with zero attached hydrogens (tertiary/aromatic N) is 2. The van der Waals surface area contributed by atoms with Gasteiger partial charge in [-0.3, -0.25) is 4.79 Å². The lowest BCUT2D eigenvalue weighted by molar-refractivity contribution is -0.123. The molecule has 0 unspecified atom stereocenters. The van der Waals surface area contributed by atoms with E-state index in [1.807, 2.05) is 5.38 Å². The highest BCUT2D eigenvalue weighted by atomic mass is 32.1. The van der Waals surface area contributed by atoms with Crippen molar-refractivity contribution in [2.75, 3.05) is 18.8 Å². The Kier molecular flexibility index (Phi) is 4.16. The first-order valence-electron chi connectivity index (χ1n) is 6.97. The number of anilines is 1. The number of aromatic nitrogens is 3. The minimum Gasteiger partial charge on any atom is -0.375 e. The van der Waals surface area contributed by atoms with Gasteiger partial charge in [0.2, 0.25) is 5.91 Å². The molecular formula is C13H18N6OS. The molecule has 112 valence electrons. The summed E-state index contributed by atoms with van der Waals surface area (Å²) in [6, 6.07) is -0.352. The lowest BCUT2D eigenvalue weighted by Gasteiger charge is -2.22. The number of aromatic amines is 1. The van der Waals surface area contributed by atoms with Gasteiger partial charge in [0.1, 0.15) is 6.04 Å². The van der Waals surface area contributed by atoms with Crippen LogP contribution in [0.25, 0.3) is 0 Å². The molecule has 3 rings (SSSR count). The summed E-state index contributed by atoms with van der Waals surface area (Å²) in [4.78, 5) is 23.7. The molecule has 21 heavy (non-hydrogen) atoms. The second-order valence-electron chi connectivity index (χ2n) is 4.98. The van der Waals surface area contributed by atoms with Crippen molar-refractivity contribution in [1.29, 1.82) is 0 Å². The van der Waals surface area contributed by atoms with Gasteiger partial charge in [0.05, 0.1) is 17.7 Å². The number of hydrogen-bond donors (Lipinski definition) is 4. The predicted molar refractivity (Wildman–Crippen MR) is 80.9 cm³/mol. The first-order valence-corrected chi connectivity index (χ1v) is 7.85. The molecule has 1 aliphatic rings. The fourth-order valence-electron chi connectivity index (χ4n) is 2.46. The minimum absolute atomic E-state index is 0.0270. The Morgan fingerprint density at radius 2 is 2.48 bits per heavy atom. The molecular weight excluding hydrogens is 288 g/mol. The van der Waals surface area contributed by atoms with Gasteiger partial charge in [0, 0.05) is 30.6 Å². The number of nitrogen functional groups attached to an aromatic ring is 1. The molecule has 0 radical (unpaired) electrons. The van der Waals surface area contributed by atoms with Gasteiger partial charge in [-0.05, 0) is 12.8 Å². The van der Waals surface area contributed by atoms with Crippen molar-refractivity contribution < 1.29 is 4.79 Å². The molecule has 1 aliphatic heterocycles. The van der Waals surface area contributed by atoms with E-state index in [-0.39, 0.29) is 11.9 Å². The van der Waals surface area contributed by atoms with Crippen LogP contribution in [0.2, 0.25) is 0 Å². The fourth-order valence-corrected chi connectivity index (χ4v) is 3.05. The quantitative estimate of drug-likeness (QED) is 0.597. The van der Waals surface area contributed by atoms with Gasteiger partial charge in [-0.25, -0.2) is 9.97 Å². The summed E-state index contributed by atoms with van der Waals surface area (Å²) in [5.41, 5.74) is 8.43. The molecule has 0 saturated carbocycles. The average Bonchev–Trinajstić information content (AvgIpc) is 3.11. The van der Waals surface area contributed by atoms with Crippen molar-refractivity contribution in [1.82, 2.24) is 25.6 Å². The van der Waals surface area contributed by atoms with E-state index in [0.29, 0.717) is 11.7 Å². The number of imidazole rings is 1. The van der Waals surface area contributed by atoms with Gasteiger partial charge < -0.3 is 21.4 Å². The molecule has 0 fully saturated rings. The minimum atomic E-state index is -0.352. The number of nitrogens with one attached hydrogen (secondary N) is 3. The van der Waals surface area contributed by atoms with Gasteiger partial charge in [0.25, 0.3) is 0 Å². The Balaban J connectivity index is 1.47. The van der Waals surface area contributed by atoms with Crippen molar-refractivity contribution >= 4 is 22.4 Å². The third kappa shape index (κ3) is 3.22. The van der Waals surface area contributed by atoms with Crippen LogP contribution in [-0.4, -0.2) is 33.9 Å². The number of amides is 1. The second-order valence-corrected chi connectivity index (χ2v) is 5.86. The Bertz CT molecular complexity index is 622. The third-order valence-electron chi connectivity index (χ3n) is 3.49. The smallest absolute Gasteiger partial charge is 0.243 e. The normalized spacial score (nSPS) is 17.4. The predicted octanol–water partition coefficient (Wildman–Crippen LogP) is 0.384. The van der Waals surface area contributed by atoms with Gasteiger partial charge in [-0.15, -0.1) is 11.3 Å². The van der Waals surface area contributed by atoms with E-state index in [1.54, 1.807) is 6.33 Å². The lowest BCUT2D eigenvalue weighted by Crippen LogP contribution is -2.41. The summed E-state index contributed by atoms with van der Waals surface area (Å²) < 4.78 is 0. The van der Waals surface area contributed by atoms with Gasteiger partial charge in [-0.1, -0.05) is 0 Å². The van der Waals surface area contributed by atoms with Crippen LogP contribution in [0, 0.1) is 0 Å². The molecule has 8 heteroatoms. The highest BCUT2D eigenvalue weighted by Crippen LogP contribution is 2.19. The van der Waals surface area contributed by atoms with Crippen LogP contribution in [-0.2, 0) is 17.6 Å². The summed E-state index contributed by atoms with van der Waals surface area (Å²) >= 11 is 1.44. The Labute approximate surface area is 126 Å². The van der Waals surface area contributed by atoms with Crippen LogP contribution in [0.5, 0.6) is 0 Å². The van der Waals surface area contributed by atoms with Gasteiger partial charge in [-0.2, -0.15) is 0 Å². The van der Waals surface area contributed by atoms with E-state index < -0.39 is 0 Å². The van der Waals surface area contributed by atoms with Crippen molar-refractivity contribution in [3.8, 4) is 0 Å². The standard InChI is InChI=1S/C13H18N6OS/c14-13-19-8(6-21-13)2-1-4-16-12(20)11-10-9(3-5-15-11)17-7-18-10/h6-7,11,15H,1-5H2,(H2,14,19)(H,16,20)(H,17,18)/t11-/m0/s1. The molecule has 0 aromatic carbocycles. The van der Waals surface area contributed by atoms with Gasteiger partial charge >= 0.3 is 0 Å². The van der Waals surface area contributed by atoms with E-state index in [0.717, 1.165) is 42.9 Å². The van der Waals surface area contributed by atoms with Gasteiger partial charge in [0.15, 0.2) is 5.13 Å². The van der Waals surface area contributed by atoms with E-state index in [4.69, 9.17) is 5.73 Å². The molecule has 2 aromatic heterocycles. The zero-order valence-corrected chi connectivity index (χ0v) is 12.4. The number of carbonyl (C=O) groups is 1. The molecule has 0 saturated heterocycles. The first-order chi connectivity index (χ1) is 10.2. The van der Waals surface area contributed by atoms with E-state index >= 15 is 0 Å². The Hall–Kier alpha value is -1.93. The van der Waals surface area contributed by atoms with Crippen molar-refractivity contribution in [3.05, 3.63) is 28.8 Å². The van der Waals surface area contributed by atoms with E-state index in [2.05, 4.69) is 25.6 Å². The van der Waals surface area contributed by atoms with Crippen LogP contribution in [0.3, 0.4) is 0 Å². The summed E-state index contributed by atoms with van der Waals surface area (Å²) in [7, 11) is 0. The molecule has 0 aliphatic carbocycles. The number of hydrogen-bond acceptors (Lipinski definition) is 6. The van der Waals surface area contributed by atoms with Crippen LogP contribution in [0.4, 0.5) is 5.13 Å². The van der Waals surface area contributed by atoms with E-state index in [1.165, 1.54) is 11.3 Å². The maximum Gasteiger partial charge on any atom is 0.243 e. The van der Waals surface area contributed by atoms with Crippen LogP contribution in [0.15, 0.2) is 11.7 Å². The SMILES string of the molecule is Nc1nc(CCCNC(=O)[C@H]2NCCc3[nH]cnc32)cs1. The molecule has 2 aromatic rings. The lowest BCUT2D eigenvalue weighted by atomic mass is 10.0. The maximum absolute atomic E-state index is 12.2. The summed E-state index contributed by atoms with van der Waals surface area (Å²) in [5.74, 6) is -0.0270. The van der Waals surface area contributed by atoms with E-state index in [9.17, 15) is 4.79 Å². The van der Waals surface area contributed by atoms with Crippen LogP contribution in [0.1, 0.15) is 29.5 Å². The Morgan fingerprint density at radius 3 is 3.29 bits per heavy atom. The van der Waals surface area contributed by atoms with Crippen LogP contribution >= 0.6 is 11.3 Å². The number of aryl methyl sites for hydroxylation is 1. The third-order valence-corrected chi connectivity index (χ3v) is 4.21. The molecule has 1 amide bonds. The maximum atomic E-state index is 12.2. The number of carbonyl (C=O) groups excluding carboxylic acids is 1. The topological polar surface area (TPSA) is 109 Å². The number of H-pyrrole nitrogens is 1. The Morgan fingerprint density at radius 1 is 1.57 bits per heavy atom. The number of rotatable bonds is 5. The average molecular weight is 306 g/mol. The van der Waals surface area contributed by atoms with Crippen molar-refractivity contribution in [3.63, 3.8) is 0 Å². The first kappa shape index (κ1) is 14.0. The molecule has 0 spiro atoms. The molecule has 3 heterocycles. The molecule has 0 bridgehead atoms. The molecule has 1 atom stereocenters. The molecule has 7 nitrogen and oxygen atoms in total. The second kappa shape index (κ2) is 6.23. The summed E-state index contributed by atoms with van der Waals surface area (Å²) in [6.45, 7) is 1.40. The molecule has 5 N–H and O–H groups in total. The fraction of sp³-hybridized carbons (Fsp3) is 0.462. The largest absolute Gasteiger partial charge is 0.375 e. The summed E-state index contributed by atoms with van der Waals surface area (Å²) in [5, 5.41) is 8.69. The summed E-state index contributed by atoms with van der Waals surface area (Å²) in [6.07, 6.45) is 4.18. The zero-order valence-electron chi connectivity index (χ0n) is 11.6. The van der Waals surface area contributed by atoms with Crippen molar-refractivity contribution in [2.24, 2.45) is 0 Å². The number of nitrogens with two attached hydrogens (primary N) is 1. The van der Waals surface area contributed by atoms with Crippen molar-refractivity contribution in [2.45, 2.75) is 25.3 Å². The highest BCUT2D eigenvalue weighted by Gasteiger charge is 2.27. The number of fused-ring (bicyclic) bond motifs is 1. The number of thiazole rings is 1. The van der Waals surface area contributed by atoms with Crippen LogP contribution < -0.4 is 16.4 Å². The monoisotopic (exact) mass is 306 g/mol. The highest BCUT2D eigenvalue weighted by molar-refractivity contribution is 7.13.